The molecule has 0 aromatic rings. The lowest BCUT2D eigenvalue weighted by atomic mass is 10.2. The molecule has 0 radical (unpaired) electrons. The van der Waals surface area contributed by atoms with E-state index in [0.29, 0.717) is 6.42 Å². The topological polar surface area (TPSA) is 114 Å². The van der Waals surface area contributed by atoms with Gasteiger partial charge in [-0.3, -0.25) is 14.2 Å². The van der Waals surface area contributed by atoms with Crippen LogP contribution >= 0.6 is 7.44 Å². The normalized spacial score (nSPS) is 15.6. The first-order valence-corrected chi connectivity index (χ1v) is 11.7. The summed E-state index contributed by atoms with van der Waals surface area (Å²) < 4.78 is 24.2. The van der Waals surface area contributed by atoms with Gasteiger partial charge in [0.15, 0.2) is 0 Å². The van der Waals surface area contributed by atoms with Gasteiger partial charge >= 0.3 is 11.9 Å². The number of rotatable bonds is 10. The number of nitrogens with one attached hydrogen (secondary N) is 2. The van der Waals surface area contributed by atoms with Gasteiger partial charge in [-0.2, -0.15) is 0 Å². The first kappa shape index (κ1) is 27.8. The molecule has 0 aromatic carbocycles. The maximum absolute atomic E-state index is 13.5. The van der Waals surface area contributed by atoms with Crippen LogP contribution in [0.25, 0.3) is 0 Å². The van der Waals surface area contributed by atoms with Crippen LogP contribution in [0.5, 0.6) is 0 Å². The van der Waals surface area contributed by atoms with Gasteiger partial charge in [0.1, 0.15) is 23.3 Å². The van der Waals surface area contributed by atoms with Crippen molar-refractivity contribution in [3.05, 3.63) is 11.6 Å². The number of aliphatic hydroxyl groups excluding tert-OH is 1. The van der Waals surface area contributed by atoms with Crippen LogP contribution in [-0.2, 0) is 23.6 Å². The average Bonchev–Trinajstić information content (AvgIpc) is 2.50. The zero-order valence-electron chi connectivity index (χ0n) is 19.3. The molecule has 0 aliphatic rings. The predicted octanol–water partition coefficient (Wildman–Crippen LogP) is 3.15. The number of carbonyl (C=O) groups is 2. The SMILES string of the molecule is C/C(=C\CCP(=O)(N[C@@H](C)C(=O)OC(C)(C)C)N[C@@H](C)C(=O)OC(C)(C)C)CO. The molecule has 0 saturated carbocycles. The highest BCUT2D eigenvalue weighted by Crippen LogP contribution is 2.39. The highest BCUT2D eigenvalue weighted by Gasteiger charge is 2.33. The molecule has 0 spiro atoms. The Kier molecular flexibility index (Phi) is 10.8. The van der Waals surface area contributed by atoms with E-state index in [1.165, 1.54) is 0 Å². The van der Waals surface area contributed by atoms with Crippen molar-refractivity contribution in [3.8, 4) is 0 Å². The lowest BCUT2D eigenvalue weighted by Crippen LogP contribution is -2.44. The van der Waals surface area contributed by atoms with Crippen LogP contribution in [0.3, 0.4) is 0 Å². The van der Waals surface area contributed by atoms with E-state index in [1.807, 2.05) is 0 Å². The summed E-state index contributed by atoms with van der Waals surface area (Å²) in [4.78, 5) is 24.6. The first-order valence-electron chi connectivity index (χ1n) is 9.85. The summed E-state index contributed by atoms with van der Waals surface area (Å²) >= 11 is 0. The predicted molar refractivity (Wildman–Crippen MR) is 115 cm³/mol. The zero-order valence-corrected chi connectivity index (χ0v) is 20.2. The van der Waals surface area contributed by atoms with Crippen LogP contribution in [0.2, 0.25) is 0 Å². The highest BCUT2D eigenvalue weighted by molar-refractivity contribution is 7.59. The van der Waals surface area contributed by atoms with Gasteiger partial charge in [0.2, 0.25) is 7.44 Å². The third kappa shape index (κ3) is 12.9. The Balaban J connectivity index is 5.36. The molecule has 0 aliphatic heterocycles. The third-order valence-corrected chi connectivity index (χ3v) is 6.01. The summed E-state index contributed by atoms with van der Waals surface area (Å²) in [6.07, 6.45) is 2.31. The van der Waals surface area contributed by atoms with Crippen molar-refractivity contribution in [2.75, 3.05) is 12.8 Å². The molecule has 170 valence electrons. The minimum atomic E-state index is -3.36. The zero-order chi connectivity index (χ0) is 23.0. The quantitative estimate of drug-likeness (QED) is 0.273. The van der Waals surface area contributed by atoms with Gasteiger partial charge in [0, 0.05) is 6.16 Å². The van der Waals surface area contributed by atoms with E-state index < -0.39 is 42.7 Å². The molecular weight excluding hydrogens is 395 g/mol. The van der Waals surface area contributed by atoms with Crippen LogP contribution in [-0.4, -0.2) is 53.1 Å². The van der Waals surface area contributed by atoms with Crippen LogP contribution < -0.4 is 10.2 Å². The standard InChI is InChI=1S/C20H39N2O6P/c1-14(13-23)11-10-12-29(26,21-15(2)17(24)27-19(4,5)6)22-16(3)18(25)28-20(7,8)9/h11,15-16,23H,10,12-13H2,1-9H3,(H2,21,22,26)/b14-11+/t15-,16-/m0/s1. The van der Waals surface area contributed by atoms with E-state index in [2.05, 4.69) is 10.2 Å². The van der Waals surface area contributed by atoms with Crippen molar-refractivity contribution in [2.24, 2.45) is 0 Å². The molecule has 0 bridgehead atoms. The van der Waals surface area contributed by atoms with Crippen LogP contribution in [0.15, 0.2) is 11.6 Å². The lowest BCUT2D eigenvalue weighted by molar-refractivity contribution is -0.157. The van der Waals surface area contributed by atoms with Crippen molar-refractivity contribution in [2.45, 2.75) is 92.0 Å². The lowest BCUT2D eigenvalue weighted by Gasteiger charge is -2.29. The van der Waals surface area contributed by atoms with E-state index in [1.54, 1.807) is 68.4 Å². The molecule has 0 aliphatic carbocycles. The van der Waals surface area contributed by atoms with Crippen molar-refractivity contribution in [1.82, 2.24) is 10.2 Å². The average molecular weight is 435 g/mol. The second kappa shape index (κ2) is 11.3. The Morgan fingerprint density at radius 2 is 1.34 bits per heavy atom. The summed E-state index contributed by atoms with van der Waals surface area (Å²) in [6, 6.07) is -1.69. The van der Waals surface area contributed by atoms with E-state index in [0.717, 1.165) is 5.57 Å². The van der Waals surface area contributed by atoms with Gasteiger partial charge in [-0.05, 0) is 68.7 Å². The van der Waals surface area contributed by atoms with Crippen LogP contribution in [0.1, 0.15) is 68.7 Å². The molecule has 0 heterocycles. The minimum Gasteiger partial charge on any atom is -0.459 e. The number of aliphatic hydroxyl groups is 1. The summed E-state index contributed by atoms with van der Waals surface area (Å²) in [5.74, 6) is -1.07. The molecule has 29 heavy (non-hydrogen) atoms. The second-order valence-corrected chi connectivity index (χ2v) is 11.7. The molecule has 0 rings (SSSR count). The fraction of sp³-hybridized carbons (Fsp3) is 0.800. The Morgan fingerprint density at radius 3 is 1.66 bits per heavy atom. The summed E-state index contributed by atoms with van der Waals surface area (Å²) in [5, 5.41) is 14.8. The number of ether oxygens (including phenoxy) is 2. The van der Waals surface area contributed by atoms with Crippen molar-refractivity contribution in [3.63, 3.8) is 0 Å². The van der Waals surface area contributed by atoms with Gasteiger partial charge < -0.3 is 14.6 Å². The van der Waals surface area contributed by atoms with Crippen LogP contribution in [0, 0.1) is 0 Å². The summed E-state index contributed by atoms with van der Waals surface area (Å²) in [6.45, 7) is 15.3. The minimum absolute atomic E-state index is 0.0895. The molecule has 9 heteroatoms. The Morgan fingerprint density at radius 1 is 0.966 bits per heavy atom. The number of allylic oxidation sites excluding steroid dienone is 1. The summed E-state index contributed by atoms with van der Waals surface area (Å²) in [5.41, 5.74) is -0.596. The van der Waals surface area contributed by atoms with Crippen molar-refractivity contribution in [1.29, 1.82) is 0 Å². The summed E-state index contributed by atoms with van der Waals surface area (Å²) in [7, 11) is -3.36. The van der Waals surface area contributed by atoms with E-state index in [4.69, 9.17) is 14.6 Å². The van der Waals surface area contributed by atoms with Gasteiger partial charge in [-0.15, -0.1) is 0 Å². The van der Waals surface area contributed by atoms with Gasteiger partial charge in [-0.1, -0.05) is 11.6 Å². The van der Waals surface area contributed by atoms with Crippen LogP contribution in [0.4, 0.5) is 0 Å². The van der Waals surface area contributed by atoms with Crippen molar-refractivity contribution >= 4 is 19.4 Å². The highest BCUT2D eigenvalue weighted by atomic mass is 31.2. The molecule has 0 fully saturated rings. The smallest absolute Gasteiger partial charge is 0.323 e. The fourth-order valence-corrected chi connectivity index (χ4v) is 4.52. The molecule has 0 amide bonds. The molecule has 0 unspecified atom stereocenters. The number of hydrogen-bond donors (Lipinski definition) is 3. The first-order chi connectivity index (χ1) is 13.0. The Hall–Kier alpha value is -1.21. The maximum Gasteiger partial charge on any atom is 0.323 e. The molecule has 2 atom stereocenters. The number of hydrogen-bond acceptors (Lipinski definition) is 6. The van der Waals surface area contributed by atoms with Gasteiger partial charge in [-0.25, -0.2) is 10.2 Å². The van der Waals surface area contributed by atoms with Gasteiger partial charge in [0.25, 0.3) is 0 Å². The van der Waals surface area contributed by atoms with E-state index >= 15 is 0 Å². The molecule has 0 aromatic heterocycles. The maximum atomic E-state index is 13.5. The molecule has 8 nitrogen and oxygen atoms in total. The largest absolute Gasteiger partial charge is 0.459 e. The fourth-order valence-electron chi connectivity index (χ4n) is 2.24. The van der Waals surface area contributed by atoms with E-state index in [-0.39, 0.29) is 12.8 Å². The van der Waals surface area contributed by atoms with Gasteiger partial charge in [0.05, 0.1) is 6.61 Å². The number of esters is 2. The Labute approximate surface area is 175 Å². The monoisotopic (exact) mass is 434 g/mol. The molecule has 0 saturated heterocycles. The van der Waals surface area contributed by atoms with Crippen molar-refractivity contribution < 1.29 is 28.7 Å². The van der Waals surface area contributed by atoms with E-state index in [9.17, 15) is 14.2 Å². The molecular formula is C20H39N2O6P. The second-order valence-electron chi connectivity index (χ2n) is 9.23. The Bertz CT molecular complexity index is 594. The number of carbonyl (C=O) groups excluding carboxylic acids is 2. The molecule has 3 N–H and O–H groups in total. The third-order valence-electron chi connectivity index (χ3n) is 3.51.